The summed E-state index contributed by atoms with van der Waals surface area (Å²) in [4.78, 5) is 27.1. The lowest BCUT2D eigenvalue weighted by Gasteiger charge is -2.31. The van der Waals surface area contributed by atoms with Crippen LogP contribution < -0.4 is 5.32 Å². The fourth-order valence-corrected chi connectivity index (χ4v) is 3.53. The van der Waals surface area contributed by atoms with Crippen LogP contribution in [0.5, 0.6) is 5.75 Å². The summed E-state index contributed by atoms with van der Waals surface area (Å²) in [6.07, 6.45) is -1.36. The molecule has 192 valence electrons. The fraction of sp³-hybridized carbons (Fsp3) is 0.259. The van der Waals surface area contributed by atoms with Gasteiger partial charge in [0.2, 0.25) is 11.8 Å². The van der Waals surface area contributed by atoms with Crippen LogP contribution in [0.3, 0.4) is 0 Å². The van der Waals surface area contributed by atoms with Crippen LogP contribution >= 0.6 is 0 Å². The van der Waals surface area contributed by atoms with Gasteiger partial charge in [-0.2, -0.15) is 0 Å². The lowest BCUT2D eigenvalue weighted by Crippen LogP contribution is -2.46. The molecule has 0 aliphatic heterocycles. The normalized spacial score (nSPS) is 12.3. The highest BCUT2D eigenvalue weighted by Gasteiger charge is 2.33. The van der Waals surface area contributed by atoms with Crippen LogP contribution in [0, 0.1) is 0 Å². The number of halogens is 4. The number of carbonyl (C=O) groups excluding carboxylic acids is 2. The van der Waals surface area contributed by atoms with E-state index in [1.807, 2.05) is 0 Å². The molecule has 0 saturated heterocycles. The number of benzene rings is 2. The van der Waals surface area contributed by atoms with Crippen LogP contribution in [0.4, 0.5) is 17.6 Å². The molecule has 2 N–H and O–H groups in total. The number of allylic oxidation sites excluding steroid dienone is 2. The van der Waals surface area contributed by atoms with E-state index in [1.54, 1.807) is 18.2 Å². The third kappa shape index (κ3) is 8.41. The number of nitrogens with zero attached hydrogens (tertiary/aromatic N) is 1. The molecule has 1 atom stereocenters. The Labute approximate surface area is 207 Å². The van der Waals surface area contributed by atoms with Crippen molar-refractivity contribution < 1.29 is 32.3 Å². The molecule has 0 aromatic heterocycles. The zero-order valence-corrected chi connectivity index (χ0v) is 19.5. The lowest BCUT2D eigenvalue weighted by molar-refractivity contribution is -0.143. The number of hydrogen-bond acceptors (Lipinski definition) is 3. The van der Waals surface area contributed by atoms with Crippen LogP contribution in [0.2, 0.25) is 0 Å². The SMILES string of the molecule is C=C/C=C(\C=C)CNC(=O)C(c1cccc(C(F)F)c1)N(CC(F)F)C(=O)CCc1ccc(O)cc1. The van der Waals surface area contributed by atoms with Crippen LogP contribution in [-0.4, -0.2) is 41.3 Å². The summed E-state index contributed by atoms with van der Waals surface area (Å²) in [5, 5.41) is 12.0. The monoisotopic (exact) mass is 504 g/mol. The number of carbonyl (C=O) groups is 2. The van der Waals surface area contributed by atoms with Crippen molar-refractivity contribution in [3.8, 4) is 5.75 Å². The maximum Gasteiger partial charge on any atom is 0.263 e. The van der Waals surface area contributed by atoms with Gasteiger partial charge in [-0.1, -0.05) is 61.7 Å². The Morgan fingerprint density at radius 1 is 1.03 bits per heavy atom. The van der Waals surface area contributed by atoms with Gasteiger partial charge in [-0.05, 0) is 41.3 Å². The second-order valence-electron chi connectivity index (χ2n) is 7.88. The van der Waals surface area contributed by atoms with Crippen molar-refractivity contribution in [1.29, 1.82) is 0 Å². The van der Waals surface area contributed by atoms with Crippen molar-refractivity contribution in [1.82, 2.24) is 10.2 Å². The van der Waals surface area contributed by atoms with E-state index in [0.717, 1.165) is 17.0 Å². The standard InChI is InChI=1S/C27H28F4N2O3/c1-3-6-18(4-2)16-32-27(36)25(20-7-5-8-21(15-20)26(30)31)33(17-23(28)29)24(35)14-11-19-9-12-22(34)13-10-19/h3-10,12-13,15,23,25-26,34H,1-2,11,14,16-17H2,(H,32,36)/b18-6+. The summed E-state index contributed by atoms with van der Waals surface area (Å²) in [6.45, 7) is 6.08. The predicted octanol–water partition coefficient (Wildman–Crippen LogP) is 5.51. The first-order valence-electron chi connectivity index (χ1n) is 11.1. The number of rotatable bonds is 13. The van der Waals surface area contributed by atoms with Gasteiger partial charge in [0, 0.05) is 18.5 Å². The highest BCUT2D eigenvalue weighted by molar-refractivity contribution is 5.89. The number of aromatic hydroxyl groups is 1. The Morgan fingerprint density at radius 3 is 2.28 bits per heavy atom. The van der Waals surface area contributed by atoms with E-state index in [0.29, 0.717) is 11.1 Å². The molecule has 2 amide bonds. The molecule has 0 fully saturated rings. The summed E-state index contributed by atoms with van der Waals surface area (Å²) in [6, 6.07) is 9.26. The van der Waals surface area contributed by atoms with Gasteiger partial charge in [0.15, 0.2) is 0 Å². The van der Waals surface area contributed by atoms with E-state index in [-0.39, 0.29) is 30.7 Å². The van der Waals surface area contributed by atoms with Crippen molar-refractivity contribution in [2.75, 3.05) is 13.1 Å². The van der Waals surface area contributed by atoms with E-state index < -0.39 is 42.8 Å². The first kappa shape index (κ1) is 28.4. The van der Waals surface area contributed by atoms with Crippen molar-refractivity contribution in [3.05, 3.63) is 102 Å². The van der Waals surface area contributed by atoms with Crippen LogP contribution in [0.1, 0.15) is 35.6 Å². The third-order valence-corrected chi connectivity index (χ3v) is 5.32. The van der Waals surface area contributed by atoms with E-state index in [1.165, 1.54) is 36.4 Å². The zero-order chi connectivity index (χ0) is 26.7. The number of alkyl halides is 4. The minimum Gasteiger partial charge on any atom is -0.508 e. The highest BCUT2D eigenvalue weighted by Crippen LogP contribution is 2.28. The summed E-state index contributed by atoms with van der Waals surface area (Å²) in [5.74, 6) is -1.53. The highest BCUT2D eigenvalue weighted by atomic mass is 19.3. The summed E-state index contributed by atoms with van der Waals surface area (Å²) in [5.41, 5.74) is 0.815. The van der Waals surface area contributed by atoms with Crippen molar-refractivity contribution in [3.63, 3.8) is 0 Å². The largest absolute Gasteiger partial charge is 0.508 e. The second-order valence-corrected chi connectivity index (χ2v) is 7.88. The minimum absolute atomic E-state index is 0.0169. The predicted molar refractivity (Wildman–Crippen MR) is 130 cm³/mol. The molecule has 1 unspecified atom stereocenters. The van der Waals surface area contributed by atoms with Crippen molar-refractivity contribution >= 4 is 11.8 Å². The molecule has 0 spiro atoms. The van der Waals surface area contributed by atoms with Gasteiger partial charge in [0.1, 0.15) is 11.8 Å². The second kappa shape index (κ2) is 13.9. The molecular weight excluding hydrogens is 476 g/mol. The van der Waals surface area contributed by atoms with Gasteiger partial charge >= 0.3 is 0 Å². The van der Waals surface area contributed by atoms with Crippen LogP contribution in [0.25, 0.3) is 0 Å². The molecular formula is C27H28F4N2O3. The molecule has 0 aliphatic rings. The van der Waals surface area contributed by atoms with E-state index in [2.05, 4.69) is 18.5 Å². The smallest absolute Gasteiger partial charge is 0.263 e. The average Bonchev–Trinajstić information content (AvgIpc) is 2.85. The lowest BCUT2D eigenvalue weighted by atomic mass is 10.00. The summed E-state index contributed by atoms with van der Waals surface area (Å²) in [7, 11) is 0. The van der Waals surface area contributed by atoms with Crippen LogP contribution in [-0.2, 0) is 16.0 Å². The fourth-order valence-electron chi connectivity index (χ4n) is 3.53. The Kier molecular flexibility index (Phi) is 10.9. The van der Waals surface area contributed by atoms with Gasteiger partial charge in [0.25, 0.3) is 12.9 Å². The van der Waals surface area contributed by atoms with E-state index >= 15 is 0 Å². The average molecular weight is 505 g/mol. The molecule has 9 heteroatoms. The molecule has 2 aromatic rings. The number of nitrogens with one attached hydrogen (secondary N) is 1. The molecule has 0 bridgehead atoms. The van der Waals surface area contributed by atoms with Gasteiger partial charge in [-0.3, -0.25) is 9.59 Å². The van der Waals surface area contributed by atoms with Gasteiger partial charge in [0.05, 0.1) is 6.54 Å². The number of phenols is 1. The number of hydrogen-bond donors (Lipinski definition) is 2. The minimum atomic E-state index is -2.97. The molecule has 2 aromatic carbocycles. The zero-order valence-electron chi connectivity index (χ0n) is 19.5. The van der Waals surface area contributed by atoms with Crippen LogP contribution in [0.15, 0.2) is 85.5 Å². The van der Waals surface area contributed by atoms with Crippen molar-refractivity contribution in [2.45, 2.75) is 31.7 Å². The van der Waals surface area contributed by atoms with Gasteiger partial charge < -0.3 is 15.3 Å². The topological polar surface area (TPSA) is 69.6 Å². The third-order valence-electron chi connectivity index (χ3n) is 5.32. The van der Waals surface area contributed by atoms with E-state index in [4.69, 9.17) is 0 Å². The molecule has 0 saturated carbocycles. The number of aryl methyl sites for hydroxylation is 1. The molecule has 36 heavy (non-hydrogen) atoms. The Bertz CT molecular complexity index is 1080. The maximum atomic E-state index is 13.6. The van der Waals surface area contributed by atoms with Gasteiger partial charge in [-0.15, -0.1) is 0 Å². The molecule has 5 nitrogen and oxygen atoms in total. The summed E-state index contributed by atoms with van der Waals surface area (Å²) < 4.78 is 53.8. The quantitative estimate of drug-likeness (QED) is 0.279. The molecule has 0 aliphatic carbocycles. The Morgan fingerprint density at radius 2 is 1.69 bits per heavy atom. The first-order chi connectivity index (χ1) is 17.2. The summed E-state index contributed by atoms with van der Waals surface area (Å²) >= 11 is 0. The molecule has 0 radical (unpaired) electrons. The van der Waals surface area contributed by atoms with Crippen molar-refractivity contribution in [2.24, 2.45) is 0 Å². The number of amides is 2. The Hall–Kier alpha value is -3.88. The Balaban J connectivity index is 2.41. The molecule has 0 heterocycles. The molecule has 2 rings (SSSR count). The van der Waals surface area contributed by atoms with E-state index in [9.17, 15) is 32.3 Å². The maximum absolute atomic E-state index is 13.6. The number of phenolic OH excluding ortho intramolecular Hbond substituents is 1. The van der Waals surface area contributed by atoms with Gasteiger partial charge in [-0.25, -0.2) is 17.6 Å². The first-order valence-corrected chi connectivity index (χ1v) is 11.1.